The van der Waals surface area contributed by atoms with Gasteiger partial charge in [-0.2, -0.15) is 0 Å². The van der Waals surface area contributed by atoms with E-state index >= 15 is 0 Å². The molecular weight excluding hydrogens is 236 g/mol. The second kappa shape index (κ2) is 7.51. The lowest BCUT2D eigenvalue weighted by atomic mass is 9.98. The molecule has 1 saturated heterocycles. The van der Waals surface area contributed by atoms with Crippen LogP contribution in [-0.4, -0.2) is 38.2 Å². The van der Waals surface area contributed by atoms with Crippen molar-refractivity contribution in [3.05, 3.63) is 29.8 Å². The van der Waals surface area contributed by atoms with Crippen LogP contribution in [0.3, 0.4) is 0 Å². The van der Waals surface area contributed by atoms with Gasteiger partial charge in [-0.1, -0.05) is 18.2 Å². The maximum atomic E-state index is 5.78. The van der Waals surface area contributed by atoms with Gasteiger partial charge >= 0.3 is 0 Å². The number of para-hydroxylation sites is 1. The largest absolute Gasteiger partial charge is 0.496 e. The standard InChI is InChI=1S/C16H26N2O/c1-19-16-9-3-2-7-15(16)8-5-11-18-10-4-6-14(12-17)13-18/h2-3,7,9,14H,4-6,8,10-13,17H2,1H3. The van der Waals surface area contributed by atoms with Gasteiger partial charge in [-0.05, 0) is 62.9 Å². The molecule has 1 aromatic carbocycles. The molecule has 0 aromatic heterocycles. The Kier molecular flexibility index (Phi) is 5.67. The summed E-state index contributed by atoms with van der Waals surface area (Å²) in [4.78, 5) is 2.57. The molecule has 2 N–H and O–H groups in total. The molecular formula is C16H26N2O. The van der Waals surface area contributed by atoms with Crippen molar-refractivity contribution in [1.82, 2.24) is 4.90 Å². The monoisotopic (exact) mass is 262 g/mol. The maximum absolute atomic E-state index is 5.78. The van der Waals surface area contributed by atoms with Crippen LogP contribution in [0, 0.1) is 5.92 Å². The molecule has 0 saturated carbocycles. The minimum absolute atomic E-state index is 0.708. The van der Waals surface area contributed by atoms with Crippen molar-refractivity contribution in [2.45, 2.75) is 25.7 Å². The summed E-state index contributed by atoms with van der Waals surface area (Å²) in [6, 6.07) is 8.32. The molecule has 1 unspecified atom stereocenters. The van der Waals surface area contributed by atoms with E-state index in [1.165, 1.54) is 44.5 Å². The molecule has 2 rings (SSSR count). The van der Waals surface area contributed by atoms with Gasteiger partial charge in [-0.3, -0.25) is 0 Å². The van der Waals surface area contributed by atoms with E-state index in [2.05, 4.69) is 17.0 Å². The van der Waals surface area contributed by atoms with Crippen LogP contribution in [-0.2, 0) is 6.42 Å². The molecule has 1 aliphatic rings. The van der Waals surface area contributed by atoms with Crippen LogP contribution < -0.4 is 10.5 Å². The summed E-state index contributed by atoms with van der Waals surface area (Å²) in [5.41, 5.74) is 7.10. The van der Waals surface area contributed by atoms with Gasteiger partial charge < -0.3 is 15.4 Å². The predicted octanol–water partition coefficient (Wildman–Crippen LogP) is 2.30. The molecule has 0 aliphatic carbocycles. The zero-order chi connectivity index (χ0) is 13.5. The fourth-order valence-corrected chi connectivity index (χ4v) is 2.95. The second-order valence-electron chi connectivity index (χ2n) is 5.46. The van der Waals surface area contributed by atoms with E-state index in [0.29, 0.717) is 5.92 Å². The summed E-state index contributed by atoms with van der Waals surface area (Å²) < 4.78 is 5.39. The molecule has 1 aromatic rings. The molecule has 0 amide bonds. The molecule has 3 heteroatoms. The van der Waals surface area contributed by atoms with Crippen molar-refractivity contribution in [1.29, 1.82) is 0 Å². The molecule has 3 nitrogen and oxygen atoms in total. The van der Waals surface area contributed by atoms with Gasteiger partial charge in [-0.25, -0.2) is 0 Å². The quantitative estimate of drug-likeness (QED) is 0.855. The number of likely N-dealkylation sites (tertiary alicyclic amines) is 1. The van der Waals surface area contributed by atoms with Crippen molar-refractivity contribution >= 4 is 0 Å². The van der Waals surface area contributed by atoms with E-state index in [1.807, 2.05) is 12.1 Å². The third-order valence-corrected chi connectivity index (χ3v) is 4.05. The zero-order valence-electron chi connectivity index (χ0n) is 12.0. The van der Waals surface area contributed by atoms with Crippen molar-refractivity contribution in [3.8, 4) is 5.75 Å². The molecule has 106 valence electrons. The number of rotatable bonds is 6. The highest BCUT2D eigenvalue weighted by Gasteiger charge is 2.18. The van der Waals surface area contributed by atoms with Gasteiger partial charge in [0.05, 0.1) is 7.11 Å². The minimum Gasteiger partial charge on any atom is -0.496 e. The molecule has 0 bridgehead atoms. The summed E-state index contributed by atoms with van der Waals surface area (Å²) in [5.74, 6) is 1.72. The average Bonchev–Trinajstić information content (AvgIpc) is 2.48. The average molecular weight is 262 g/mol. The number of aryl methyl sites for hydroxylation is 1. The topological polar surface area (TPSA) is 38.5 Å². The summed E-state index contributed by atoms with van der Waals surface area (Å²) in [6.07, 6.45) is 4.89. The number of piperidine rings is 1. The number of nitrogens with zero attached hydrogens (tertiary/aromatic N) is 1. The Morgan fingerprint density at radius 2 is 2.21 bits per heavy atom. The van der Waals surface area contributed by atoms with E-state index in [4.69, 9.17) is 10.5 Å². The first kappa shape index (κ1) is 14.4. The molecule has 1 fully saturated rings. The Morgan fingerprint density at radius 3 is 3.00 bits per heavy atom. The predicted molar refractivity (Wildman–Crippen MR) is 79.5 cm³/mol. The van der Waals surface area contributed by atoms with E-state index in [-0.39, 0.29) is 0 Å². The first-order valence-electron chi connectivity index (χ1n) is 7.37. The molecule has 1 heterocycles. The minimum atomic E-state index is 0.708. The van der Waals surface area contributed by atoms with Gasteiger partial charge in [0.1, 0.15) is 5.75 Å². The fourth-order valence-electron chi connectivity index (χ4n) is 2.95. The lowest BCUT2D eigenvalue weighted by Crippen LogP contribution is -2.38. The molecule has 1 atom stereocenters. The number of methoxy groups -OCH3 is 1. The number of nitrogens with two attached hydrogens (primary N) is 1. The highest BCUT2D eigenvalue weighted by Crippen LogP contribution is 2.20. The van der Waals surface area contributed by atoms with Crippen LogP contribution in [0.15, 0.2) is 24.3 Å². The molecule has 0 radical (unpaired) electrons. The van der Waals surface area contributed by atoms with E-state index < -0.39 is 0 Å². The fraction of sp³-hybridized carbons (Fsp3) is 0.625. The summed E-state index contributed by atoms with van der Waals surface area (Å²) in [7, 11) is 1.75. The number of benzene rings is 1. The smallest absolute Gasteiger partial charge is 0.122 e. The van der Waals surface area contributed by atoms with Crippen LogP contribution in [0.5, 0.6) is 5.75 Å². The zero-order valence-corrected chi connectivity index (χ0v) is 12.0. The van der Waals surface area contributed by atoms with Crippen molar-refractivity contribution in [2.75, 3.05) is 33.3 Å². The van der Waals surface area contributed by atoms with Crippen molar-refractivity contribution < 1.29 is 4.74 Å². The lowest BCUT2D eigenvalue weighted by Gasteiger charge is -2.32. The van der Waals surface area contributed by atoms with Crippen LogP contribution in [0.1, 0.15) is 24.8 Å². The SMILES string of the molecule is COc1ccccc1CCCN1CCCC(CN)C1. The first-order valence-corrected chi connectivity index (χ1v) is 7.37. The van der Waals surface area contributed by atoms with E-state index in [9.17, 15) is 0 Å². The molecule has 0 spiro atoms. The Morgan fingerprint density at radius 1 is 1.37 bits per heavy atom. The van der Waals surface area contributed by atoms with Crippen LogP contribution in [0.2, 0.25) is 0 Å². The number of hydrogen-bond acceptors (Lipinski definition) is 3. The Bertz CT molecular complexity index is 381. The van der Waals surface area contributed by atoms with Gasteiger partial charge in [0.15, 0.2) is 0 Å². The van der Waals surface area contributed by atoms with Gasteiger partial charge in [0, 0.05) is 6.54 Å². The Hall–Kier alpha value is -1.06. The highest BCUT2D eigenvalue weighted by atomic mass is 16.5. The first-order chi connectivity index (χ1) is 9.33. The van der Waals surface area contributed by atoms with Crippen LogP contribution >= 0.6 is 0 Å². The summed E-state index contributed by atoms with van der Waals surface area (Å²) in [6.45, 7) is 4.43. The highest BCUT2D eigenvalue weighted by molar-refractivity contribution is 5.33. The second-order valence-corrected chi connectivity index (χ2v) is 5.46. The van der Waals surface area contributed by atoms with Gasteiger partial charge in [0.2, 0.25) is 0 Å². The van der Waals surface area contributed by atoms with Gasteiger partial charge in [-0.15, -0.1) is 0 Å². The Labute approximate surface area is 116 Å². The van der Waals surface area contributed by atoms with Crippen LogP contribution in [0.25, 0.3) is 0 Å². The third kappa shape index (κ3) is 4.22. The maximum Gasteiger partial charge on any atom is 0.122 e. The van der Waals surface area contributed by atoms with Crippen molar-refractivity contribution in [2.24, 2.45) is 11.7 Å². The van der Waals surface area contributed by atoms with Gasteiger partial charge in [0.25, 0.3) is 0 Å². The molecule has 19 heavy (non-hydrogen) atoms. The Balaban J connectivity index is 1.77. The number of hydrogen-bond donors (Lipinski definition) is 1. The lowest BCUT2D eigenvalue weighted by molar-refractivity contribution is 0.176. The van der Waals surface area contributed by atoms with Crippen LogP contribution in [0.4, 0.5) is 0 Å². The number of ether oxygens (including phenoxy) is 1. The normalized spacial score (nSPS) is 20.4. The van der Waals surface area contributed by atoms with E-state index in [0.717, 1.165) is 18.7 Å². The molecule has 1 aliphatic heterocycles. The summed E-state index contributed by atoms with van der Waals surface area (Å²) >= 11 is 0. The van der Waals surface area contributed by atoms with Crippen molar-refractivity contribution in [3.63, 3.8) is 0 Å². The third-order valence-electron chi connectivity index (χ3n) is 4.05. The van der Waals surface area contributed by atoms with E-state index in [1.54, 1.807) is 7.11 Å². The summed E-state index contributed by atoms with van der Waals surface area (Å²) in [5, 5.41) is 0.